The number of aliphatic hydroxyl groups excluding tert-OH is 1. The highest BCUT2D eigenvalue weighted by molar-refractivity contribution is 5.72. The van der Waals surface area contributed by atoms with Crippen molar-refractivity contribution in [1.29, 1.82) is 0 Å². The smallest absolute Gasteiger partial charge is 0.310 e. The predicted molar refractivity (Wildman–Crippen MR) is 137 cm³/mol. The summed E-state index contributed by atoms with van der Waals surface area (Å²) >= 11 is 0. The normalized spacial score (nSPS) is 50.2. The number of hydrogen-bond donors (Lipinski definition) is 2. The third kappa shape index (κ3) is 2.94. The Morgan fingerprint density at radius 3 is 2.24 bits per heavy atom. The summed E-state index contributed by atoms with van der Waals surface area (Å²) in [5.41, 5.74) is 2.82. The van der Waals surface area contributed by atoms with Gasteiger partial charge in [-0.25, -0.2) is 0 Å². The van der Waals surface area contributed by atoms with E-state index < -0.39 is 11.9 Å². The minimum atomic E-state index is -0.747. The predicted octanol–water partition coefficient (Wildman–Crippen LogP) is 7.48. The molecule has 0 aliphatic heterocycles. The van der Waals surface area contributed by atoms with Crippen LogP contribution in [0.25, 0.3) is 0 Å². The summed E-state index contributed by atoms with van der Waals surface area (Å²) in [7, 11) is 0. The lowest BCUT2D eigenvalue weighted by Crippen LogP contribution is -2.57. The molecule has 2 spiro atoms. The number of rotatable bonds is 6. The van der Waals surface area contributed by atoms with Gasteiger partial charge in [0.1, 0.15) is 0 Å². The Balaban J connectivity index is 1.35. The number of carboxylic acid groups (broad SMARTS) is 1. The zero-order chi connectivity index (χ0) is 24.9. The summed E-state index contributed by atoms with van der Waals surface area (Å²) in [6, 6.07) is 0. The Kier molecular flexibility index (Phi) is 5.55. The van der Waals surface area contributed by atoms with Crippen molar-refractivity contribution in [2.24, 2.45) is 56.7 Å². The van der Waals surface area contributed by atoms with E-state index in [1.54, 1.807) is 6.92 Å². The maximum Gasteiger partial charge on any atom is 0.310 e. The molecule has 5 saturated carbocycles. The molecular weight excluding hydrogens is 420 g/mol. The van der Waals surface area contributed by atoms with Crippen LogP contribution in [-0.4, -0.2) is 22.3 Å². The summed E-state index contributed by atoms with van der Waals surface area (Å²) < 4.78 is 0. The molecule has 5 aliphatic rings. The molecule has 5 fully saturated rings. The molecule has 0 aromatic carbocycles. The number of fused-ring (bicyclic) bond motifs is 2. The van der Waals surface area contributed by atoms with Crippen LogP contribution in [0.4, 0.5) is 0 Å². The van der Waals surface area contributed by atoms with Crippen LogP contribution in [0.2, 0.25) is 0 Å². The van der Waals surface area contributed by atoms with E-state index in [1.807, 2.05) is 0 Å². The van der Waals surface area contributed by atoms with E-state index in [2.05, 4.69) is 41.2 Å². The van der Waals surface area contributed by atoms with Gasteiger partial charge in [0, 0.05) is 0 Å². The van der Waals surface area contributed by atoms with Crippen LogP contribution in [0.15, 0.2) is 12.2 Å². The van der Waals surface area contributed by atoms with Crippen molar-refractivity contribution in [3.05, 3.63) is 12.2 Å². The molecule has 3 nitrogen and oxygen atoms in total. The van der Waals surface area contributed by atoms with Gasteiger partial charge in [0.15, 0.2) is 0 Å². The number of carboxylic acids is 1. The average molecular weight is 471 g/mol. The molecular formula is C31H50O3. The zero-order valence-electron chi connectivity index (χ0n) is 22.8. The molecule has 0 amide bonds. The molecule has 0 radical (unpaired) electrons. The Hall–Kier alpha value is -0.830. The molecule has 0 aromatic heterocycles. The van der Waals surface area contributed by atoms with Crippen LogP contribution in [0.1, 0.15) is 112 Å². The number of aliphatic hydroxyl groups is 1. The van der Waals surface area contributed by atoms with Gasteiger partial charge >= 0.3 is 5.97 Å². The van der Waals surface area contributed by atoms with Crippen LogP contribution in [0, 0.1) is 56.7 Å². The van der Waals surface area contributed by atoms with Gasteiger partial charge in [-0.2, -0.15) is 0 Å². The first-order valence-electron chi connectivity index (χ1n) is 14.4. The van der Waals surface area contributed by atoms with Crippen molar-refractivity contribution >= 4 is 5.97 Å². The highest BCUT2D eigenvalue weighted by Crippen LogP contribution is 2.89. The van der Waals surface area contributed by atoms with Crippen molar-refractivity contribution < 1.29 is 15.0 Å². The third-order valence-electron chi connectivity index (χ3n) is 13.7. The number of carbonyl (C=O) groups is 1. The lowest BCUT2D eigenvalue weighted by Gasteiger charge is -2.63. The van der Waals surface area contributed by atoms with Crippen LogP contribution < -0.4 is 0 Å². The first-order chi connectivity index (χ1) is 15.8. The van der Waals surface area contributed by atoms with E-state index in [9.17, 15) is 15.0 Å². The molecule has 3 heteroatoms. The van der Waals surface area contributed by atoms with Crippen molar-refractivity contribution in [2.45, 2.75) is 118 Å². The molecule has 0 aromatic rings. The lowest BCUT2D eigenvalue weighted by atomic mass is 9.41. The summed E-state index contributed by atoms with van der Waals surface area (Å²) in [4.78, 5) is 11.4. The van der Waals surface area contributed by atoms with E-state index in [0.29, 0.717) is 33.5 Å². The second kappa shape index (κ2) is 7.59. The molecule has 5 aliphatic carbocycles. The van der Waals surface area contributed by atoms with E-state index in [4.69, 9.17) is 0 Å². The molecule has 34 heavy (non-hydrogen) atoms. The van der Waals surface area contributed by atoms with E-state index in [-0.39, 0.29) is 11.5 Å². The first-order valence-corrected chi connectivity index (χ1v) is 14.4. The maximum atomic E-state index is 11.4. The molecule has 0 saturated heterocycles. The van der Waals surface area contributed by atoms with E-state index in [0.717, 1.165) is 36.7 Å². The topological polar surface area (TPSA) is 57.5 Å². The quantitative estimate of drug-likeness (QED) is 0.396. The molecule has 0 heterocycles. The molecule has 0 bridgehead atoms. The lowest BCUT2D eigenvalue weighted by molar-refractivity contribution is -0.161. The standard InChI is InChI=1S/C31H50O3/c1-19(21(3)26(33)34)8-9-20(2)22-12-14-29(7)24-11-10-23-27(4,5)25(32)13-15-30(23)18-31(24,30)17-16-28(22,29)6/h20-25,32H,1,8-18H2,2-7H3,(H,33,34)/t20-,21-,22-,23+,24+,25-,28-,29+,30-,31+/m1/s1. The van der Waals surface area contributed by atoms with Crippen LogP contribution >= 0.6 is 0 Å². The van der Waals surface area contributed by atoms with Gasteiger partial charge in [-0.1, -0.05) is 46.8 Å². The minimum Gasteiger partial charge on any atom is -0.481 e. The molecule has 5 rings (SSSR count). The third-order valence-corrected chi connectivity index (χ3v) is 13.7. The highest BCUT2D eigenvalue weighted by Gasteiger charge is 2.82. The number of aliphatic carboxylic acids is 1. The average Bonchev–Trinajstić information content (AvgIpc) is 3.36. The molecule has 10 atom stereocenters. The van der Waals surface area contributed by atoms with Crippen LogP contribution in [-0.2, 0) is 4.79 Å². The van der Waals surface area contributed by atoms with E-state index >= 15 is 0 Å². The SMILES string of the molecule is C=C(CC[C@@H](C)[C@H]1CC[C@@]2(C)[C@@H]3CC[C@H]4C(C)(C)[C@H](O)CC[C@@]45C[C@@]35CC[C@]12C)[C@@H](C)C(=O)O. The minimum absolute atomic E-state index is 0.0661. The first kappa shape index (κ1) is 24.8. The van der Waals surface area contributed by atoms with Gasteiger partial charge in [0.25, 0.3) is 0 Å². The second-order valence-electron chi connectivity index (χ2n) is 14.8. The van der Waals surface area contributed by atoms with Gasteiger partial charge < -0.3 is 10.2 Å². The summed E-state index contributed by atoms with van der Waals surface area (Å²) in [5.74, 6) is 1.71. The largest absolute Gasteiger partial charge is 0.481 e. The second-order valence-corrected chi connectivity index (χ2v) is 14.8. The van der Waals surface area contributed by atoms with Crippen molar-refractivity contribution in [2.75, 3.05) is 0 Å². The summed E-state index contributed by atoms with van der Waals surface area (Å²) in [6.07, 6.45) is 13.6. The van der Waals surface area contributed by atoms with Gasteiger partial charge in [0.2, 0.25) is 0 Å². The van der Waals surface area contributed by atoms with Crippen LogP contribution in [0.5, 0.6) is 0 Å². The summed E-state index contributed by atoms with van der Waals surface area (Å²) in [6.45, 7) is 18.3. The zero-order valence-corrected chi connectivity index (χ0v) is 22.8. The fourth-order valence-corrected chi connectivity index (χ4v) is 11.3. The monoisotopic (exact) mass is 470 g/mol. The van der Waals surface area contributed by atoms with Gasteiger partial charge in [-0.15, -0.1) is 0 Å². The Morgan fingerprint density at radius 2 is 1.56 bits per heavy atom. The van der Waals surface area contributed by atoms with Gasteiger partial charge in [-0.05, 0) is 128 Å². The van der Waals surface area contributed by atoms with Gasteiger partial charge in [0.05, 0.1) is 12.0 Å². The molecule has 192 valence electrons. The number of hydrogen-bond acceptors (Lipinski definition) is 2. The molecule has 0 unspecified atom stereocenters. The fraction of sp³-hybridized carbons (Fsp3) is 0.903. The Bertz CT molecular complexity index is 876. The van der Waals surface area contributed by atoms with Crippen molar-refractivity contribution in [3.8, 4) is 0 Å². The van der Waals surface area contributed by atoms with E-state index in [1.165, 1.54) is 51.4 Å². The Labute approximate surface area is 208 Å². The highest BCUT2D eigenvalue weighted by atomic mass is 16.4. The Morgan fingerprint density at radius 1 is 0.912 bits per heavy atom. The van der Waals surface area contributed by atoms with Gasteiger partial charge in [-0.3, -0.25) is 4.79 Å². The van der Waals surface area contributed by atoms with Crippen LogP contribution in [0.3, 0.4) is 0 Å². The van der Waals surface area contributed by atoms with Crippen molar-refractivity contribution in [1.82, 2.24) is 0 Å². The van der Waals surface area contributed by atoms with Crippen molar-refractivity contribution in [3.63, 3.8) is 0 Å². The fourth-order valence-electron chi connectivity index (χ4n) is 11.3. The molecule has 2 N–H and O–H groups in total. The maximum absolute atomic E-state index is 11.4. The summed E-state index contributed by atoms with van der Waals surface area (Å²) in [5, 5.41) is 20.2.